The number of hydrogen-bond acceptors (Lipinski definition) is 7. The number of sulfonamides is 1. The van der Waals surface area contributed by atoms with Gasteiger partial charge >= 0.3 is 5.69 Å². The van der Waals surface area contributed by atoms with Crippen molar-refractivity contribution < 1.29 is 17.2 Å². The normalized spacial score (nSPS) is 12.6. The molecule has 0 spiro atoms. The van der Waals surface area contributed by atoms with Gasteiger partial charge in [0.2, 0.25) is 10.0 Å². The third-order valence-electron chi connectivity index (χ3n) is 6.81. The van der Waals surface area contributed by atoms with Gasteiger partial charge in [0.05, 0.1) is 33.9 Å². The number of anilines is 1. The number of fused-ring (bicyclic) bond motifs is 1. The first-order valence-corrected chi connectivity index (χ1v) is 15.4. The molecule has 0 amide bonds. The van der Waals surface area contributed by atoms with Gasteiger partial charge in [-0.05, 0) is 62.1 Å². The first-order chi connectivity index (χ1) is 20.6. The van der Waals surface area contributed by atoms with Crippen molar-refractivity contribution >= 4 is 38.3 Å². The van der Waals surface area contributed by atoms with Crippen LogP contribution in [-0.4, -0.2) is 44.2 Å². The molecule has 5 aromatic rings. The van der Waals surface area contributed by atoms with Gasteiger partial charge in [-0.1, -0.05) is 23.6 Å². The number of hydrogen-bond donors (Lipinski definition) is 3. The van der Waals surface area contributed by atoms with E-state index in [4.69, 9.17) is 22.3 Å². The number of nitrogens with zero attached hydrogens (tertiary/aromatic N) is 5. The van der Waals surface area contributed by atoms with Crippen LogP contribution in [0.1, 0.15) is 36.8 Å². The van der Waals surface area contributed by atoms with Crippen LogP contribution in [0, 0.1) is 23.5 Å². The third kappa shape index (κ3) is 6.35. The van der Waals surface area contributed by atoms with Crippen LogP contribution in [0.15, 0.2) is 53.6 Å². The quantitative estimate of drug-likeness (QED) is 0.228. The maximum absolute atomic E-state index is 14.0. The maximum Gasteiger partial charge on any atom is 0.344 e. The van der Waals surface area contributed by atoms with Crippen molar-refractivity contribution in [3.8, 4) is 23.0 Å². The summed E-state index contributed by atoms with van der Waals surface area (Å²) in [4.78, 5) is 16.9. The number of rotatable bonds is 7. The summed E-state index contributed by atoms with van der Waals surface area (Å²) >= 11 is 6.52. The first kappa shape index (κ1) is 30.9. The van der Waals surface area contributed by atoms with E-state index in [9.17, 15) is 22.0 Å². The minimum absolute atomic E-state index is 0.0322. The minimum atomic E-state index is -3.68. The van der Waals surface area contributed by atoms with Crippen molar-refractivity contribution in [3.63, 3.8) is 0 Å². The lowest BCUT2D eigenvalue weighted by molar-refractivity contribution is 0.459. The van der Waals surface area contributed by atoms with E-state index in [0.29, 0.717) is 39.0 Å². The maximum atomic E-state index is 14.0. The number of nitrogens with one attached hydrogen (secondary N) is 2. The predicted octanol–water partition coefficient (Wildman–Crippen LogP) is 3.85. The second kappa shape index (κ2) is 11.5. The van der Waals surface area contributed by atoms with Crippen molar-refractivity contribution in [1.29, 1.82) is 0 Å². The highest BCUT2D eigenvalue weighted by Crippen LogP contribution is 2.39. The van der Waals surface area contributed by atoms with Gasteiger partial charge < -0.3 is 5.73 Å². The molecule has 2 aromatic carbocycles. The molecule has 0 fully saturated rings. The molecule has 5 rings (SSSR count). The van der Waals surface area contributed by atoms with Crippen LogP contribution < -0.4 is 16.1 Å². The number of benzene rings is 2. The summed E-state index contributed by atoms with van der Waals surface area (Å²) in [5.74, 6) is 4.59. The third-order valence-corrected chi connectivity index (χ3v) is 7.69. The van der Waals surface area contributed by atoms with Crippen molar-refractivity contribution in [2.24, 2.45) is 12.8 Å². The minimum Gasteiger partial charge on any atom is -0.322 e. The molecule has 15 heteroatoms. The van der Waals surface area contributed by atoms with Gasteiger partial charge in [0.25, 0.3) is 0 Å². The smallest absolute Gasteiger partial charge is 0.322 e. The fourth-order valence-electron chi connectivity index (χ4n) is 4.90. The molecule has 1 atom stereocenters. The molecule has 0 aliphatic carbocycles. The van der Waals surface area contributed by atoms with Crippen LogP contribution >= 0.6 is 11.6 Å². The molecule has 0 aliphatic heterocycles. The largest absolute Gasteiger partial charge is 0.344 e. The summed E-state index contributed by atoms with van der Waals surface area (Å²) in [5.41, 5.74) is 7.90. The Morgan fingerprint density at radius 3 is 2.45 bits per heavy atom. The Kier molecular flexibility index (Phi) is 8.06. The van der Waals surface area contributed by atoms with E-state index in [1.807, 2.05) is 0 Å². The molecule has 0 saturated carbocycles. The summed E-state index contributed by atoms with van der Waals surface area (Å²) in [5, 5.41) is 11.1. The fourth-order valence-corrected chi connectivity index (χ4v) is 5.64. The summed E-state index contributed by atoms with van der Waals surface area (Å²) in [6, 6.07) is 9.05. The van der Waals surface area contributed by atoms with Crippen molar-refractivity contribution in [2.45, 2.75) is 31.8 Å². The lowest BCUT2D eigenvalue weighted by atomic mass is 9.94. The molecule has 11 nitrogen and oxygen atoms in total. The molecule has 0 aliphatic rings. The van der Waals surface area contributed by atoms with Crippen LogP contribution in [0.3, 0.4) is 0 Å². The Morgan fingerprint density at radius 2 is 1.82 bits per heavy atom. The van der Waals surface area contributed by atoms with Crippen LogP contribution in [0.25, 0.3) is 22.0 Å². The van der Waals surface area contributed by atoms with Crippen LogP contribution in [0.4, 0.5) is 14.6 Å². The van der Waals surface area contributed by atoms with Gasteiger partial charge in [0, 0.05) is 24.2 Å². The van der Waals surface area contributed by atoms with E-state index < -0.39 is 38.9 Å². The van der Waals surface area contributed by atoms with Crippen molar-refractivity contribution in [3.05, 3.63) is 92.9 Å². The summed E-state index contributed by atoms with van der Waals surface area (Å²) in [6.45, 7) is 3.48. The van der Waals surface area contributed by atoms with Gasteiger partial charge in [-0.15, -0.1) is 0 Å². The standard InChI is InChI=1S/C29H27ClF2N8O3S/c1-29(2,40-15-34-36-28(40)41)10-9-19-5-6-20(25(35-19)23(33)13-16-11-17(31)14-18(32)12-16)21-7-8-22(30)24-26(21)39(3)37-27(24)38-44(4,42)43/h5-8,11-12,14-15,23H,13,33H2,1-4H3,(H,36,41)(H,37,38). The van der Waals surface area contributed by atoms with Crippen molar-refractivity contribution in [2.75, 3.05) is 11.0 Å². The number of aromatic amines is 1. The van der Waals surface area contributed by atoms with Gasteiger partial charge in [-0.2, -0.15) is 10.2 Å². The summed E-state index contributed by atoms with van der Waals surface area (Å²) < 4.78 is 57.3. The summed E-state index contributed by atoms with van der Waals surface area (Å²) in [6.07, 6.45) is 2.38. The summed E-state index contributed by atoms with van der Waals surface area (Å²) in [7, 11) is -2.04. The Morgan fingerprint density at radius 1 is 1.14 bits per heavy atom. The fraction of sp³-hybridized carbons (Fsp3) is 0.241. The van der Waals surface area contributed by atoms with Gasteiger partial charge in [0.1, 0.15) is 29.2 Å². The van der Waals surface area contributed by atoms with E-state index in [1.165, 1.54) is 27.7 Å². The lowest BCUT2D eigenvalue weighted by Gasteiger charge is -2.19. The van der Waals surface area contributed by atoms with Crippen molar-refractivity contribution in [1.82, 2.24) is 29.5 Å². The van der Waals surface area contributed by atoms with Crippen LogP contribution in [0.2, 0.25) is 5.02 Å². The zero-order chi connectivity index (χ0) is 32.0. The van der Waals surface area contributed by atoms with Crippen LogP contribution in [-0.2, 0) is 29.0 Å². The van der Waals surface area contributed by atoms with E-state index in [1.54, 1.807) is 45.2 Å². The number of H-pyrrole nitrogens is 1. The van der Waals surface area contributed by atoms with E-state index in [2.05, 4.69) is 31.9 Å². The zero-order valence-corrected chi connectivity index (χ0v) is 25.6. The lowest BCUT2D eigenvalue weighted by Crippen LogP contribution is -2.33. The molecule has 0 saturated heterocycles. The zero-order valence-electron chi connectivity index (χ0n) is 24.0. The topological polar surface area (TPSA) is 154 Å². The Bertz CT molecular complexity index is 2120. The second-order valence-corrected chi connectivity index (χ2v) is 12.9. The molecule has 3 heterocycles. The monoisotopic (exact) mass is 640 g/mol. The first-order valence-electron chi connectivity index (χ1n) is 13.1. The molecule has 228 valence electrons. The molecule has 0 radical (unpaired) electrons. The molecule has 44 heavy (non-hydrogen) atoms. The Hall–Kier alpha value is -4.58. The molecule has 4 N–H and O–H groups in total. The number of pyridine rings is 1. The predicted molar refractivity (Wildman–Crippen MR) is 163 cm³/mol. The van der Waals surface area contributed by atoms with E-state index in [-0.39, 0.29) is 17.3 Å². The molecular weight excluding hydrogens is 614 g/mol. The van der Waals surface area contributed by atoms with E-state index >= 15 is 0 Å². The van der Waals surface area contributed by atoms with Gasteiger partial charge in [-0.3, -0.25) is 14.0 Å². The highest BCUT2D eigenvalue weighted by atomic mass is 35.5. The van der Waals surface area contributed by atoms with E-state index in [0.717, 1.165) is 12.3 Å². The van der Waals surface area contributed by atoms with Gasteiger partial charge in [-0.25, -0.2) is 32.1 Å². The van der Waals surface area contributed by atoms with Crippen LogP contribution in [0.5, 0.6) is 0 Å². The number of aromatic nitrogens is 6. The Labute approximate surface area is 256 Å². The number of nitrogens with two attached hydrogens (primary N) is 1. The second-order valence-electron chi connectivity index (χ2n) is 10.7. The highest BCUT2D eigenvalue weighted by molar-refractivity contribution is 7.92. The number of halogens is 3. The molecule has 0 bridgehead atoms. The SMILES string of the molecule is Cn1nc(NS(C)(=O)=O)c2c(Cl)ccc(-c3ccc(C#CC(C)(C)n4cn[nH]c4=O)nc3C(N)Cc3cc(F)cc(F)c3)c21. The Balaban J connectivity index is 1.68. The average molecular weight is 641 g/mol. The average Bonchev–Trinajstić information content (AvgIpc) is 3.50. The molecular formula is C29H27ClF2N8O3S. The molecule has 1 unspecified atom stereocenters. The van der Waals surface area contributed by atoms with Gasteiger partial charge in [0.15, 0.2) is 5.82 Å². The highest BCUT2D eigenvalue weighted by Gasteiger charge is 2.24. The number of aryl methyl sites for hydroxylation is 1. The molecule has 3 aromatic heterocycles.